The fourth-order valence-electron chi connectivity index (χ4n) is 7.40. The van der Waals surface area contributed by atoms with E-state index in [1.54, 1.807) is 0 Å². The lowest BCUT2D eigenvalue weighted by molar-refractivity contribution is -0.319. The van der Waals surface area contributed by atoms with Crippen LogP contribution in [0.15, 0.2) is 0 Å². The molecule has 0 aromatic carbocycles. The van der Waals surface area contributed by atoms with Crippen LogP contribution in [0.3, 0.4) is 0 Å². The van der Waals surface area contributed by atoms with E-state index < -0.39 is 0 Å². The quantitative estimate of drug-likeness (QED) is 0.515. The van der Waals surface area contributed by atoms with E-state index in [1.807, 2.05) is 0 Å². The minimum atomic E-state index is 0.0887. The topological polar surface area (TPSA) is 18.5 Å². The van der Waals surface area contributed by atoms with Gasteiger partial charge in [0.05, 0.1) is 12.7 Å². The average molecular weight is 413 g/mol. The van der Waals surface area contributed by atoms with Gasteiger partial charge in [-0.3, -0.25) is 0 Å². The maximum Gasteiger partial charge on any atom is 0.160 e. The maximum atomic E-state index is 6.66. The van der Waals surface area contributed by atoms with Gasteiger partial charge in [-0.2, -0.15) is 0 Å². The first-order valence-corrected chi connectivity index (χ1v) is 11.9. The van der Waals surface area contributed by atoms with Crippen molar-refractivity contribution in [2.24, 2.45) is 34.5 Å². The highest BCUT2D eigenvalue weighted by atomic mass is 79.9. The number of ether oxygens (including phenoxy) is 2. The summed E-state index contributed by atoms with van der Waals surface area (Å²) in [6.45, 7) is 8.51. The van der Waals surface area contributed by atoms with E-state index in [-0.39, 0.29) is 11.7 Å². The van der Waals surface area contributed by atoms with Crippen LogP contribution in [-0.4, -0.2) is 24.3 Å². The van der Waals surface area contributed by atoms with E-state index in [4.69, 9.17) is 9.47 Å². The highest BCUT2D eigenvalue weighted by molar-refractivity contribution is 9.09. The van der Waals surface area contributed by atoms with Crippen LogP contribution in [0.25, 0.3) is 0 Å². The van der Waals surface area contributed by atoms with Gasteiger partial charge in [-0.25, -0.2) is 0 Å². The van der Waals surface area contributed by atoms with Crippen molar-refractivity contribution in [2.75, 3.05) is 11.9 Å². The fourth-order valence-corrected chi connectivity index (χ4v) is 7.89. The van der Waals surface area contributed by atoms with Crippen molar-refractivity contribution in [1.82, 2.24) is 0 Å². The first-order valence-electron chi connectivity index (χ1n) is 10.8. The van der Waals surface area contributed by atoms with Crippen molar-refractivity contribution < 1.29 is 9.47 Å². The predicted molar refractivity (Wildman–Crippen MR) is 106 cm³/mol. The summed E-state index contributed by atoms with van der Waals surface area (Å²) >= 11 is 3.73. The summed E-state index contributed by atoms with van der Waals surface area (Å²) in [5.41, 5.74) is 0.677. The molecule has 0 spiro atoms. The van der Waals surface area contributed by atoms with Crippen molar-refractivity contribution in [3.05, 3.63) is 0 Å². The van der Waals surface area contributed by atoms with Crippen molar-refractivity contribution in [2.45, 2.75) is 91.0 Å². The Morgan fingerprint density at radius 3 is 2.48 bits per heavy atom. The maximum absolute atomic E-state index is 6.66. The van der Waals surface area contributed by atoms with E-state index in [0.717, 1.165) is 29.7 Å². The molecule has 3 heteroatoms. The zero-order chi connectivity index (χ0) is 17.7. The molecule has 4 fully saturated rings. The molecule has 0 aromatic rings. The number of fused-ring (bicyclic) bond motifs is 3. The number of hydrogen-bond donors (Lipinski definition) is 0. The van der Waals surface area contributed by atoms with Crippen molar-refractivity contribution in [3.63, 3.8) is 0 Å². The second kappa shape index (κ2) is 7.09. The van der Waals surface area contributed by atoms with Crippen LogP contribution in [0.1, 0.15) is 78.6 Å². The molecule has 0 radical (unpaired) electrons. The summed E-state index contributed by atoms with van der Waals surface area (Å²) in [5, 5.41) is 1.14. The van der Waals surface area contributed by atoms with Gasteiger partial charge in [0.25, 0.3) is 0 Å². The van der Waals surface area contributed by atoms with Crippen LogP contribution in [0.2, 0.25) is 0 Å². The number of alkyl halides is 1. The van der Waals surface area contributed by atoms with Gasteiger partial charge in [-0.05, 0) is 61.7 Å². The van der Waals surface area contributed by atoms with Gasteiger partial charge in [-0.15, -0.1) is 0 Å². The number of hydrogen-bond acceptors (Lipinski definition) is 2. The third kappa shape index (κ3) is 3.05. The molecule has 0 N–H and O–H groups in total. The van der Waals surface area contributed by atoms with E-state index in [1.165, 1.54) is 57.8 Å². The summed E-state index contributed by atoms with van der Waals surface area (Å²) in [4.78, 5) is 0. The normalized spacial score (nSPS) is 51.1. The van der Waals surface area contributed by atoms with Crippen LogP contribution in [0.5, 0.6) is 0 Å². The summed E-state index contributed by atoms with van der Waals surface area (Å²) < 4.78 is 13.1. The third-order valence-electron chi connectivity index (χ3n) is 8.78. The molecule has 2 nitrogen and oxygen atoms in total. The Hall–Kier alpha value is 0.400. The van der Waals surface area contributed by atoms with Gasteiger partial charge >= 0.3 is 0 Å². The number of halogens is 1. The molecule has 3 aliphatic carbocycles. The fraction of sp³-hybridized carbons (Fsp3) is 1.00. The van der Waals surface area contributed by atoms with Crippen molar-refractivity contribution in [1.29, 1.82) is 0 Å². The van der Waals surface area contributed by atoms with Crippen molar-refractivity contribution in [3.8, 4) is 0 Å². The van der Waals surface area contributed by atoms with E-state index in [0.29, 0.717) is 17.4 Å². The zero-order valence-electron chi connectivity index (χ0n) is 16.4. The minimum absolute atomic E-state index is 0.0887. The molecular weight excluding hydrogens is 376 g/mol. The smallest absolute Gasteiger partial charge is 0.160 e. The van der Waals surface area contributed by atoms with Gasteiger partial charge in [0.15, 0.2) is 6.29 Å². The van der Waals surface area contributed by atoms with E-state index in [2.05, 4.69) is 36.7 Å². The lowest BCUT2D eigenvalue weighted by Crippen LogP contribution is -2.62. The summed E-state index contributed by atoms with van der Waals surface area (Å²) in [6, 6.07) is 0. The Morgan fingerprint density at radius 2 is 1.76 bits per heavy atom. The van der Waals surface area contributed by atoms with Crippen molar-refractivity contribution >= 4 is 15.9 Å². The highest BCUT2D eigenvalue weighted by Gasteiger charge is 2.60. The van der Waals surface area contributed by atoms with Gasteiger partial charge in [-0.1, -0.05) is 56.0 Å². The van der Waals surface area contributed by atoms with E-state index in [9.17, 15) is 0 Å². The molecule has 1 saturated heterocycles. The minimum Gasteiger partial charge on any atom is -0.352 e. The Bertz CT molecular complexity index is 477. The molecule has 1 aliphatic heterocycles. The van der Waals surface area contributed by atoms with Crippen LogP contribution in [-0.2, 0) is 9.47 Å². The SMILES string of the molecule is CC1CCC2C(C)(CC[C@H]3O[C@H](C4CCCC4)OC[C@@]23C)[C@@H]1CCBr. The molecule has 0 aromatic heterocycles. The Morgan fingerprint density at radius 1 is 1.00 bits per heavy atom. The first kappa shape index (κ1) is 18.7. The Labute approximate surface area is 162 Å². The monoisotopic (exact) mass is 412 g/mol. The molecule has 0 bridgehead atoms. The molecule has 3 saturated carbocycles. The van der Waals surface area contributed by atoms with Crippen LogP contribution in [0, 0.1) is 34.5 Å². The molecule has 4 aliphatic rings. The largest absolute Gasteiger partial charge is 0.352 e. The molecule has 0 amide bonds. The van der Waals surface area contributed by atoms with Crippen LogP contribution >= 0.6 is 15.9 Å². The molecule has 3 unspecified atom stereocenters. The second-order valence-corrected chi connectivity index (χ2v) is 10.9. The first-order chi connectivity index (χ1) is 12.0. The molecule has 25 heavy (non-hydrogen) atoms. The van der Waals surface area contributed by atoms with Crippen LogP contribution < -0.4 is 0 Å². The van der Waals surface area contributed by atoms with Crippen LogP contribution in [0.4, 0.5) is 0 Å². The summed E-state index contributed by atoms with van der Waals surface area (Å²) in [5.74, 6) is 3.11. The summed E-state index contributed by atoms with van der Waals surface area (Å²) in [6.07, 6.45) is 12.5. The zero-order valence-corrected chi connectivity index (χ0v) is 18.0. The lowest BCUT2D eigenvalue weighted by atomic mass is 9.45. The van der Waals surface area contributed by atoms with E-state index >= 15 is 0 Å². The Kier molecular flexibility index (Phi) is 5.32. The molecule has 4 rings (SSSR count). The molecule has 1 heterocycles. The van der Waals surface area contributed by atoms with Gasteiger partial charge in [0.2, 0.25) is 0 Å². The van der Waals surface area contributed by atoms with Gasteiger partial charge in [0, 0.05) is 16.7 Å². The second-order valence-electron chi connectivity index (χ2n) is 10.1. The van der Waals surface area contributed by atoms with Gasteiger partial charge in [0.1, 0.15) is 0 Å². The standard InChI is InChI=1S/C22H37BrO2/c1-15-8-9-18-21(2,17(15)11-13-23)12-10-19-22(18,3)14-24-20(25-19)16-6-4-5-7-16/h15-20H,4-14H2,1-3H3/t15?,17-,18?,19-,20-,21?,22+/m1/s1. The van der Waals surface area contributed by atoms with Gasteiger partial charge < -0.3 is 9.47 Å². The highest BCUT2D eigenvalue weighted by Crippen LogP contribution is 2.63. The molecular formula is C22H37BrO2. The Balaban J connectivity index is 1.54. The third-order valence-corrected chi connectivity index (χ3v) is 9.24. The average Bonchev–Trinajstić information content (AvgIpc) is 3.12. The molecule has 7 atom stereocenters. The number of rotatable bonds is 3. The lowest BCUT2D eigenvalue weighted by Gasteiger charge is -2.63. The summed E-state index contributed by atoms with van der Waals surface area (Å²) in [7, 11) is 0. The molecule has 144 valence electrons. The predicted octanol–water partition coefficient (Wildman–Crippen LogP) is 6.17.